The standard InChI is InChI=1S/C59H56N8O11S3/c1-58(2,3)78-44(68)33-76-65-46(42-35-81-57(60-42)62-59(39-25-15-8-16-26-39,40-27-17-9-18-28-40)41-29-19-10-20-30-41)51(69)61-47-53(71)67-48(56(73)77-49(36-21-11-6-12-22-36)37-23-13-7-14-24-37)38(34-80-55(47)67)31-43(79)50-63-64-52(70)54(72)66(50)32-45(74-4)75-5/h6-31,35,45,47,49,55,79H,32-34H2,1-5H3,(H,60,62)(H,61,69)(H,64,70). The number of thiol groups is 1. The Morgan fingerprint density at radius 1 is 0.815 bits per heavy atom. The number of thiazole rings is 1. The van der Waals surface area contributed by atoms with E-state index in [1.807, 2.05) is 152 Å². The third-order valence-corrected chi connectivity index (χ3v) is 15.3. The predicted octanol–water partition coefficient (Wildman–Crippen LogP) is 7.43. The van der Waals surface area contributed by atoms with Crippen LogP contribution in [0.3, 0.4) is 0 Å². The number of methoxy groups -OCH3 is 2. The zero-order valence-electron chi connectivity index (χ0n) is 44.5. The van der Waals surface area contributed by atoms with Crippen molar-refractivity contribution in [1.82, 2.24) is 30.0 Å². The molecule has 0 aliphatic carbocycles. The molecule has 9 rings (SSSR count). The van der Waals surface area contributed by atoms with Crippen molar-refractivity contribution in [3.63, 3.8) is 0 Å². The average molecular weight is 1150 g/mol. The molecule has 22 heteroatoms. The lowest BCUT2D eigenvalue weighted by Gasteiger charge is -2.49. The van der Waals surface area contributed by atoms with Crippen molar-refractivity contribution < 1.29 is 43.0 Å². The van der Waals surface area contributed by atoms with Crippen molar-refractivity contribution in [3.05, 3.63) is 234 Å². The Hall–Kier alpha value is -8.41. The van der Waals surface area contributed by atoms with Gasteiger partial charge in [-0.15, -0.1) is 35.7 Å². The van der Waals surface area contributed by atoms with Crippen LogP contribution in [-0.4, -0.2) is 104 Å². The lowest BCUT2D eigenvalue weighted by atomic mass is 9.77. The maximum atomic E-state index is 15.0. The van der Waals surface area contributed by atoms with E-state index in [4.69, 9.17) is 41.4 Å². The molecule has 3 N–H and O–H groups in total. The van der Waals surface area contributed by atoms with Crippen LogP contribution in [0.2, 0.25) is 0 Å². The normalized spacial score (nSPS) is 15.7. The molecular formula is C59H56N8O11S3. The second-order valence-electron chi connectivity index (χ2n) is 19.4. The summed E-state index contributed by atoms with van der Waals surface area (Å²) < 4.78 is 23.5. The number of thioether (sulfide) groups is 1. The highest BCUT2D eigenvalue weighted by Crippen LogP contribution is 2.44. The predicted molar refractivity (Wildman–Crippen MR) is 310 cm³/mol. The Kier molecular flexibility index (Phi) is 17.9. The van der Waals surface area contributed by atoms with Gasteiger partial charge in [0.05, 0.1) is 6.54 Å². The zero-order valence-corrected chi connectivity index (χ0v) is 47.0. The number of anilines is 1. The molecule has 1 saturated heterocycles. The molecule has 1 fully saturated rings. The van der Waals surface area contributed by atoms with Crippen molar-refractivity contribution in [2.75, 3.05) is 31.9 Å². The van der Waals surface area contributed by atoms with E-state index in [-0.39, 0.29) is 45.7 Å². The van der Waals surface area contributed by atoms with Crippen LogP contribution in [-0.2, 0) is 55.0 Å². The fourth-order valence-electron chi connectivity index (χ4n) is 9.23. The van der Waals surface area contributed by atoms with Gasteiger partial charge < -0.3 is 34.4 Å². The van der Waals surface area contributed by atoms with Gasteiger partial charge in [-0.25, -0.2) is 19.7 Å². The summed E-state index contributed by atoms with van der Waals surface area (Å²) in [6.45, 7) is 4.18. The van der Waals surface area contributed by atoms with Crippen molar-refractivity contribution in [3.8, 4) is 0 Å². The van der Waals surface area contributed by atoms with Crippen molar-refractivity contribution in [2.24, 2.45) is 5.16 Å². The topological polar surface area (TPSA) is 235 Å². The van der Waals surface area contributed by atoms with E-state index in [9.17, 15) is 24.0 Å². The number of amides is 2. The first-order chi connectivity index (χ1) is 39.1. The minimum atomic E-state index is -1.24. The van der Waals surface area contributed by atoms with Gasteiger partial charge >= 0.3 is 23.1 Å². The summed E-state index contributed by atoms with van der Waals surface area (Å²) >= 11 is 7.13. The highest BCUT2D eigenvalue weighted by molar-refractivity contribution is 8.00. The third-order valence-electron chi connectivity index (χ3n) is 12.9. The Morgan fingerprint density at radius 2 is 1.36 bits per heavy atom. The highest BCUT2D eigenvalue weighted by atomic mass is 32.2. The lowest BCUT2D eigenvalue weighted by Crippen LogP contribution is -2.71. The van der Waals surface area contributed by atoms with E-state index < -0.39 is 76.4 Å². The summed E-state index contributed by atoms with van der Waals surface area (Å²) in [5.74, 6) is -3.28. The number of oxime groups is 1. The summed E-state index contributed by atoms with van der Waals surface area (Å²) in [5, 5.41) is 18.1. The van der Waals surface area contributed by atoms with Gasteiger partial charge in [0, 0.05) is 30.3 Å². The van der Waals surface area contributed by atoms with Crippen molar-refractivity contribution in [2.45, 2.75) is 62.3 Å². The summed E-state index contributed by atoms with van der Waals surface area (Å²) in [4.78, 5) is 94.9. The fourth-order valence-corrected chi connectivity index (χ4v) is 11.6. The number of β-lactam (4-membered cyclic amide) rings is 1. The first-order valence-electron chi connectivity index (χ1n) is 25.4. The molecule has 19 nitrogen and oxygen atoms in total. The van der Waals surface area contributed by atoms with Crippen LogP contribution < -0.4 is 21.8 Å². The molecule has 4 heterocycles. The number of H-pyrrole nitrogens is 1. The SMILES string of the molecule is COC(Cn1c(C(S)=CC2=C(C(=O)OC(c3ccccc3)c3ccccc3)N3C(=O)C(NC(=O)C(=NOCC(=O)OC(C)(C)C)c4csc(NC(c5ccccc5)(c5ccccc5)c5ccccc5)n4)C3SC2)n[nH]c(=O)c1=O)OC. The maximum absolute atomic E-state index is 15.0. The number of benzene rings is 5. The van der Waals surface area contributed by atoms with Gasteiger partial charge in [-0.1, -0.05) is 157 Å². The molecule has 2 unspecified atom stereocenters. The van der Waals surface area contributed by atoms with Crippen molar-refractivity contribution in [1.29, 1.82) is 0 Å². The van der Waals surface area contributed by atoms with E-state index in [2.05, 4.69) is 26.0 Å². The number of aromatic amines is 1. The van der Waals surface area contributed by atoms with Crippen LogP contribution >= 0.6 is 35.7 Å². The van der Waals surface area contributed by atoms with Crippen LogP contribution in [0.5, 0.6) is 0 Å². The van der Waals surface area contributed by atoms with E-state index in [0.29, 0.717) is 16.3 Å². The molecule has 416 valence electrons. The number of carbonyl (C=O) groups is 4. The average Bonchev–Trinajstić information content (AvgIpc) is 4.11. The number of hydrogen-bond acceptors (Lipinski definition) is 18. The number of aromatic nitrogens is 4. The molecule has 81 heavy (non-hydrogen) atoms. The van der Waals surface area contributed by atoms with E-state index in [1.165, 1.54) is 48.3 Å². The quantitative estimate of drug-likeness (QED) is 0.00801. The molecule has 2 amide bonds. The molecule has 0 bridgehead atoms. The van der Waals surface area contributed by atoms with Gasteiger partial charge in [0.1, 0.15) is 33.9 Å². The van der Waals surface area contributed by atoms with Crippen LogP contribution in [0, 0.1) is 0 Å². The van der Waals surface area contributed by atoms with Gasteiger partial charge in [0.15, 0.2) is 29.1 Å². The largest absolute Gasteiger partial charge is 0.457 e. The molecular weight excluding hydrogens is 1090 g/mol. The molecule has 0 saturated carbocycles. The first-order valence-corrected chi connectivity index (χ1v) is 27.8. The Labute approximate surface area is 479 Å². The number of esters is 2. The van der Waals surface area contributed by atoms with E-state index in [0.717, 1.165) is 21.3 Å². The molecule has 0 radical (unpaired) electrons. The molecule has 2 aliphatic heterocycles. The maximum Gasteiger partial charge on any atom is 0.356 e. The van der Waals surface area contributed by atoms with Gasteiger partial charge in [0.2, 0.25) is 6.61 Å². The zero-order chi connectivity index (χ0) is 57.3. The number of nitrogens with zero attached hydrogens (tertiary/aromatic N) is 5. The van der Waals surface area contributed by atoms with Crippen LogP contribution in [0.25, 0.3) is 4.91 Å². The number of ether oxygens (including phenoxy) is 4. The molecule has 2 aliphatic rings. The van der Waals surface area contributed by atoms with Gasteiger partial charge in [0.25, 0.3) is 11.8 Å². The summed E-state index contributed by atoms with van der Waals surface area (Å²) in [6.07, 6.45) is -0.444. The van der Waals surface area contributed by atoms with Gasteiger partial charge in [-0.05, 0) is 60.2 Å². The van der Waals surface area contributed by atoms with Gasteiger partial charge in [-0.2, -0.15) is 5.10 Å². The Balaban J connectivity index is 1.07. The Morgan fingerprint density at radius 3 is 1.89 bits per heavy atom. The summed E-state index contributed by atoms with van der Waals surface area (Å²) in [6, 6.07) is 46.5. The molecule has 2 atom stereocenters. The van der Waals surface area contributed by atoms with Crippen LogP contribution in [0.1, 0.15) is 66.2 Å². The summed E-state index contributed by atoms with van der Waals surface area (Å²) in [7, 11) is 2.73. The lowest BCUT2D eigenvalue weighted by molar-refractivity contribution is -0.160. The van der Waals surface area contributed by atoms with Crippen LogP contribution in [0.15, 0.2) is 189 Å². The van der Waals surface area contributed by atoms with Crippen LogP contribution in [0.4, 0.5) is 5.13 Å². The number of fused-ring (bicyclic) bond motifs is 1. The Bertz CT molecular complexity index is 3470. The first kappa shape index (κ1) is 57.3. The second-order valence-corrected chi connectivity index (χ2v) is 21.8. The summed E-state index contributed by atoms with van der Waals surface area (Å²) in [5.41, 5.74) is -0.0787. The molecule has 2 aromatic heterocycles. The number of rotatable bonds is 21. The van der Waals surface area contributed by atoms with E-state index in [1.54, 1.807) is 26.2 Å². The smallest absolute Gasteiger partial charge is 0.356 e. The molecule has 7 aromatic rings. The highest BCUT2D eigenvalue weighted by Gasteiger charge is 2.55. The number of nitrogens with one attached hydrogen (secondary N) is 3. The molecule has 5 aromatic carbocycles. The number of carbonyl (C=O) groups excluding carboxylic acids is 4. The minimum Gasteiger partial charge on any atom is -0.457 e. The second kappa shape index (κ2) is 25.4. The van der Waals surface area contributed by atoms with E-state index >= 15 is 4.79 Å². The fraction of sp³-hybridized carbons (Fsp3) is 0.237. The minimum absolute atomic E-state index is 0.0204. The van der Waals surface area contributed by atoms with Crippen molar-refractivity contribution >= 4 is 75.2 Å². The molecule has 0 spiro atoms. The monoisotopic (exact) mass is 1150 g/mol. The third kappa shape index (κ3) is 12.8. The number of hydrogen-bond donors (Lipinski definition) is 4. The number of allylic oxidation sites excluding steroid dienone is 1. The van der Waals surface area contributed by atoms with Gasteiger partial charge in [-0.3, -0.25) is 28.6 Å².